The van der Waals surface area contributed by atoms with Crippen LogP contribution in [-0.4, -0.2) is 15.9 Å². The number of ether oxygens (including phenoxy) is 1. The lowest BCUT2D eigenvalue weighted by Crippen LogP contribution is -2.22. The molecule has 1 heterocycles. The summed E-state index contributed by atoms with van der Waals surface area (Å²) in [6, 6.07) is 17.9. The number of rotatable bonds is 8. The van der Waals surface area contributed by atoms with E-state index in [9.17, 15) is 4.79 Å². The van der Waals surface area contributed by atoms with Crippen LogP contribution in [0.25, 0.3) is 10.9 Å². The fourth-order valence-corrected chi connectivity index (χ4v) is 6.17. The topological polar surface area (TPSA) is 56.5 Å². The summed E-state index contributed by atoms with van der Waals surface area (Å²) < 4.78 is 10.4. The number of benzene rings is 3. The molecule has 0 aliphatic carbocycles. The molecule has 0 fully saturated rings. The van der Waals surface area contributed by atoms with Crippen molar-refractivity contribution in [1.82, 2.24) is 9.66 Å². The Morgan fingerprint density at radius 1 is 1.11 bits per heavy atom. The molecule has 0 aliphatic heterocycles. The van der Waals surface area contributed by atoms with Crippen LogP contribution < -0.4 is 10.3 Å². The second kappa shape index (κ2) is 12.0. The Morgan fingerprint density at radius 3 is 2.60 bits per heavy atom. The zero-order valence-electron chi connectivity index (χ0n) is 19.4. The maximum atomic E-state index is 13.3. The zero-order valence-corrected chi connectivity index (χ0v) is 25.3. The van der Waals surface area contributed by atoms with Gasteiger partial charge in [0.25, 0.3) is 5.56 Å². The zero-order chi connectivity index (χ0) is 24.9. The van der Waals surface area contributed by atoms with Gasteiger partial charge in [0.05, 0.1) is 24.3 Å². The van der Waals surface area contributed by atoms with Crippen LogP contribution in [-0.2, 0) is 13.0 Å². The first-order valence-electron chi connectivity index (χ1n) is 11.3. The van der Waals surface area contributed by atoms with Crippen molar-refractivity contribution in [3.8, 4) is 5.75 Å². The highest BCUT2D eigenvalue weighted by molar-refractivity contribution is 14.1. The predicted octanol–water partition coefficient (Wildman–Crippen LogP) is 7.48. The Hall–Kier alpha value is -1.79. The Morgan fingerprint density at radius 2 is 1.89 bits per heavy atom. The Labute approximate surface area is 240 Å². The van der Waals surface area contributed by atoms with E-state index < -0.39 is 0 Å². The molecular weight excluding hydrogens is 732 g/mol. The van der Waals surface area contributed by atoms with E-state index in [1.54, 1.807) is 12.3 Å². The molecular formula is C27H24BrI2N3O2. The van der Waals surface area contributed by atoms with Crippen LogP contribution in [0, 0.1) is 14.1 Å². The van der Waals surface area contributed by atoms with E-state index in [4.69, 9.17) is 9.72 Å². The van der Waals surface area contributed by atoms with Crippen molar-refractivity contribution < 1.29 is 4.74 Å². The van der Waals surface area contributed by atoms with Gasteiger partial charge in [0.15, 0.2) is 0 Å². The average molecular weight is 756 g/mol. The van der Waals surface area contributed by atoms with E-state index in [2.05, 4.69) is 98.3 Å². The second-order valence-corrected chi connectivity index (χ2v) is 11.5. The molecule has 0 radical (unpaired) electrons. The third-order valence-electron chi connectivity index (χ3n) is 5.44. The highest BCUT2D eigenvalue weighted by Crippen LogP contribution is 2.29. The molecule has 0 N–H and O–H groups in total. The molecule has 35 heavy (non-hydrogen) atoms. The summed E-state index contributed by atoms with van der Waals surface area (Å²) in [5.41, 5.74) is 3.77. The predicted molar refractivity (Wildman–Crippen MR) is 163 cm³/mol. The molecule has 4 aromatic rings. The van der Waals surface area contributed by atoms with Gasteiger partial charge in [-0.1, -0.05) is 59.1 Å². The van der Waals surface area contributed by atoms with Crippen molar-refractivity contribution in [2.24, 2.45) is 5.10 Å². The number of hydrogen-bond donors (Lipinski definition) is 0. The Balaban J connectivity index is 1.64. The van der Waals surface area contributed by atoms with Crippen LogP contribution in [0.1, 0.15) is 42.3 Å². The second-order valence-electron chi connectivity index (χ2n) is 8.25. The number of aryl methyl sites for hydroxylation is 2. The van der Waals surface area contributed by atoms with Gasteiger partial charge in [-0.2, -0.15) is 9.78 Å². The molecule has 180 valence electrons. The van der Waals surface area contributed by atoms with E-state index >= 15 is 0 Å². The molecule has 0 unspecified atom stereocenters. The molecule has 0 amide bonds. The lowest BCUT2D eigenvalue weighted by Gasteiger charge is -2.12. The highest BCUT2D eigenvalue weighted by atomic mass is 127. The van der Waals surface area contributed by atoms with Gasteiger partial charge < -0.3 is 4.74 Å². The Kier molecular flexibility index (Phi) is 8.98. The lowest BCUT2D eigenvalue weighted by atomic mass is 10.1. The van der Waals surface area contributed by atoms with Crippen LogP contribution in [0.3, 0.4) is 0 Å². The highest BCUT2D eigenvalue weighted by Gasteiger charge is 2.12. The minimum Gasteiger partial charge on any atom is -0.487 e. The number of aromatic nitrogens is 2. The van der Waals surface area contributed by atoms with Gasteiger partial charge in [0, 0.05) is 10.9 Å². The van der Waals surface area contributed by atoms with Crippen LogP contribution in [0.5, 0.6) is 5.75 Å². The normalized spacial score (nSPS) is 11.5. The van der Waals surface area contributed by atoms with Crippen molar-refractivity contribution in [2.45, 2.75) is 39.7 Å². The third-order valence-corrected chi connectivity index (χ3v) is 7.53. The fraction of sp³-hybridized carbons (Fsp3) is 0.222. The van der Waals surface area contributed by atoms with Crippen LogP contribution in [0.2, 0.25) is 0 Å². The number of hydrogen-bond acceptors (Lipinski definition) is 4. The van der Waals surface area contributed by atoms with Gasteiger partial charge in [-0.25, -0.2) is 4.98 Å². The molecule has 0 bridgehead atoms. The summed E-state index contributed by atoms with van der Waals surface area (Å²) in [5.74, 6) is 1.52. The minimum atomic E-state index is -0.166. The quantitative estimate of drug-likeness (QED) is 0.139. The van der Waals surface area contributed by atoms with E-state index in [0.29, 0.717) is 29.8 Å². The van der Waals surface area contributed by atoms with Crippen LogP contribution in [0.15, 0.2) is 69.0 Å². The SMILES string of the molecule is CCCCc1nc2ccc(Br)cc2c(=O)n1N=Cc1cc(I)c(OCc2cccc(C)c2)c(I)c1. The molecule has 0 saturated heterocycles. The third kappa shape index (κ3) is 6.51. The van der Waals surface area contributed by atoms with E-state index in [1.165, 1.54) is 10.2 Å². The molecule has 8 heteroatoms. The van der Waals surface area contributed by atoms with Crippen molar-refractivity contribution in [3.63, 3.8) is 0 Å². The van der Waals surface area contributed by atoms with Crippen molar-refractivity contribution in [3.05, 3.63) is 99.1 Å². The average Bonchev–Trinajstić information content (AvgIpc) is 2.82. The van der Waals surface area contributed by atoms with Crippen molar-refractivity contribution >= 4 is 78.2 Å². The fourth-order valence-electron chi connectivity index (χ4n) is 3.68. The van der Waals surface area contributed by atoms with E-state index in [1.807, 2.05) is 30.3 Å². The number of unbranched alkanes of at least 4 members (excludes halogenated alkanes) is 1. The summed E-state index contributed by atoms with van der Waals surface area (Å²) in [6.07, 6.45) is 4.36. The largest absolute Gasteiger partial charge is 0.487 e. The van der Waals surface area contributed by atoms with Crippen molar-refractivity contribution in [1.29, 1.82) is 0 Å². The first-order chi connectivity index (χ1) is 16.9. The van der Waals surface area contributed by atoms with Gasteiger partial charge in [-0.3, -0.25) is 4.79 Å². The maximum Gasteiger partial charge on any atom is 0.282 e. The molecule has 0 aliphatic rings. The molecule has 4 rings (SSSR count). The Bertz CT molecular complexity index is 1440. The summed E-state index contributed by atoms with van der Waals surface area (Å²) >= 11 is 8.02. The van der Waals surface area contributed by atoms with E-state index in [-0.39, 0.29) is 5.56 Å². The monoisotopic (exact) mass is 755 g/mol. The van der Waals surface area contributed by atoms with E-state index in [0.717, 1.165) is 41.3 Å². The summed E-state index contributed by atoms with van der Waals surface area (Å²) in [5, 5.41) is 5.12. The first-order valence-corrected chi connectivity index (χ1v) is 14.2. The smallest absolute Gasteiger partial charge is 0.282 e. The number of nitrogens with zero attached hydrogens (tertiary/aromatic N) is 3. The molecule has 0 atom stereocenters. The first kappa shape index (κ1) is 26.3. The lowest BCUT2D eigenvalue weighted by molar-refractivity contribution is 0.301. The van der Waals surface area contributed by atoms with Crippen LogP contribution >= 0.6 is 61.1 Å². The van der Waals surface area contributed by atoms with Gasteiger partial charge in [0.2, 0.25) is 0 Å². The maximum absolute atomic E-state index is 13.3. The molecule has 1 aromatic heterocycles. The summed E-state index contributed by atoms with van der Waals surface area (Å²) in [6.45, 7) is 4.71. The minimum absolute atomic E-state index is 0.166. The molecule has 5 nitrogen and oxygen atoms in total. The number of halogens is 3. The summed E-state index contributed by atoms with van der Waals surface area (Å²) in [4.78, 5) is 18.0. The molecule has 0 saturated carbocycles. The van der Waals surface area contributed by atoms with Crippen molar-refractivity contribution in [2.75, 3.05) is 0 Å². The van der Waals surface area contributed by atoms with Gasteiger partial charge in [-0.05, 0) is 100.0 Å². The van der Waals surface area contributed by atoms with Gasteiger partial charge >= 0.3 is 0 Å². The van der Waals surface area contributed by atoms with Gasteiger partial charge in [0.1, 0.15) is 18.2 Å². The summed E-state index contributed by atoms with van der Waals surface area (Å²) in [7, 11) is 0. The van der Waals surface area contributed by atoms with Gasteiger partial charge in [-0.15, -0.1) is 0 Å². The standard InChI is InChI=1S/C27H24BrI2N3O2/c1-3-4-8-25-32-24-10-9-20(28)14-21(24)27(34)33(25)31-15-19-12-22(29)26(23(30)13-19)35-16-18-7-5-6-17(2)11-18/h5-7,9-15H,3-4,8,16H2,1-2H3. The molecule has 3 aromatic carbocycles. The molecule has 0 spiro atoms. The van der Waals surface area contributed by atoms with Crippen LogP contribution in [0.4, 0.5) is 0 Å². The number of fused-ring (bicyclic) bond motifs is 1.